The van der Waals surface area contributed by atoms with E-state index in [-0.39, 0.29) is 11.6 Å². The van der Waals surface area contributed by atoms with Crippen LogP contribution in [0.2, 0.25) is 0 Å². The summed E-state index contributed by atoms with van der Waals surface area (Å²) in [6.45, 7) is 0. The largest absolute Gasteiger partial charge is 0.497 e. The SMILES string of the molecule is COc1ccc(OC)c([C@H]2CC(c3c(O)n(C)c(=O)[nH]c3=O)=NN2)c1. The molecule has 0 saturated heterocycles. The summed E-state index contributed by atoms with van der Waals surface area (Å²) in [5, 5.41) is 14.3. The van der Waals surface area contributed by atoms with E-state index in [0.717, 1.165) is 10.1 Å². The highest BCUT2D eigenvalue weighted by molar-refractivity contribution is 6.03. The van der Waals surface area contributed by atoms with Crippen LogP contribution in [0.15, 0.2) is 32.9 Å². The fraction of sp³-hybridized carbons (Fsp3) is 0.312. The Bertz CT molecular complexity index is 960. The van der Waals surface area contributed by atoms with Gasteiger partial charge in [-0.25, -0.2) is 4.79 Å². The molecule has 1 aromatic heterocycles. The first-order chi connectivity index (χ1) is 12.0. The Morgan fingerprint density at radius 1 is 1.28 bits per heavy atom. The van der Waals surface area contributed by atoms with E-state index in [1.165, 1.54) is 7.05 Å². The van der Waals surface area contributed by atoms with E-state index in [9.17, 15) is 14.7 Å². The van der Waals surface area contributed by atoms with Crippen molar-refractivity contribution in [3.05, 3.63) is 50.2 Å². The van der Waals surface area contributed by atoms with Crippen molar-refractivity contribution in [3.63, 3.8) is 0 Å². The molecule has 1 aromatic carbocycles. The fourth-order valence-electron chi connectivity index (χ4n) is 2.76. The smallest absolute Gasteiger partial charge is 0.330 e. The number of benzene rings is 1. The molecular weight excluding hydrogens is 328 g/mol. The van der Waals surface area contributed by atoms with Crippen LogP contribution in [0.1, 0.15) is 23.6 Å². The predicted molar refractivity (Wildman–Crippen MR) is 90.5 cm³/mol. The van der Waals surface area contributed by atoms with Gasteiger partial charge < -0.3 is 20.0 Å². The Balaban J connectivity index is 1.97. The van der Waals surface area contributed by atoms with Gasteiger partial charge in [0.1, 0.15) is 17.1 Å². The van der Waals surface area contributed by atoms with Crippen LogP contribution < -0.4 is 26.1 Å². The molecule has 2 heterocycles. The van der Waals surface area contributed by atoms with Gasteiger partial charge in [0.25, 0.3) is 5.56 Å². The minimum absolute atomic E-state index is 0.0287. The van der Waals surface area contributed by atoms with Crippen LogP contribution in [0.4, 0.5) is 0 Å². The van der Waals surface area contributed by atoms with Gasteiger partial charge in [-0.05, 0) is 18.2 Å². The zero-order valence-electron chi connectivity index (χ0n) is 14.0. The lowest BCUT2D eigenvalue weighted by molar-refractivity contribution is 0.392. The lowest BCUT2D eigenvalue weighted by Crippen LogP contribution is -2.32. The number of aromatic hydroxyl groups is 1. The van der Waals surface area contributed by atoms with Gasteiger partial charge in [0.15, 0.2) is 0 Å². The van der Waals surface area contributed by atoms with Gasteiger partial charge in [0.2, 0.25) is 5.88 Å². The molecule has 1 aliphatic heterocycles. The molecule has 3 N–H and O–H groups in total. The number of H-pyrrole nitrogens is 1. The number of hydrogen-bond donors (Lipinski definition) is 3. The molecule has 0 amide bonds. The van der Waals surface area contributed by atoms with E-state index in [1.54, 1.807) is 26.4 Å². The number of ether oxygens (including phenoxy) is 2. The van der Waals surface area contributed by atoms with Crippen LogP contribution in [0.3, 0.4) is 0 Å². The number of methoxy groups -OCH3 is 2. The summed E-state index contributed by atoms with van der Waals surface area (Å²) >= 11 is 0. The van der Waals surface area contributed by atoms with E-state index in [2.05, 4.69) is 15.5 Å². The zero-order valence-corrected chi connectivity index (χ0v) is 14.0. The molecule has 0 saturated carbocycles. The van der Waals surface area contributed by atoms with Crippen molar-refractivity contribution in [3.8, 4) is 17.4 Å². The van der Waals surface area contributed by atoms with Gasteiger partial charge in [-0.15, -0.1) is 0 Å². The van der Waals surface area contributed by atoms with Gasteiger partial charge in [0, 0.05) is 19.0 Å². The number of nitrogens with zero attached hydrogens (tertiary/aromatic N) is 2. The topological polar surface area (TPSA) is 118 Å². The molecule has 0 unspecified atom stereocenters. The number of nitrogens with one attached hydrogen (secondary N) is 2. The number of rotatable bonds is 4. The molecule has 25 heavy (non-hydrogen) atoms. The molecule has 0 bridgehead atoms. The highest BCUT2D eigenvalue weighted by Crippen LogP contribution is 2.34. The Morgan fingerprint density at radius 2 is 2.04 bits per heavy atom. The highest BCUT2D eigenvalue weighted by Gasteiger charge is 2.28. The quantitative estimate of drug-likeness (QED) is 0.730. The number of hydrogen-bond acceptors (Lipinski definition) is 7. The van der Waals surface area contributed by atoms with Crippen molar-refractivity contribution in [2.75, 3.05) is 14.2 Å². The summed E-state index contributed by atoms with van der Waals surface area (Å²) in [7, 11) is 4.49. The summed E-state index contributed by atoms with van der Waals surface area (Å²) in [6, 6.07) is 5.11. The molecule has 9 nitrogen and oxygen atoms in total. The van der Waals surface area contributed by atoms with Crippen LogP contribution in [0.5, 0.6) is 17.4 Å². The normalized spacial score (nSPS) is 16.3. The van der Waals surface area contributed by atoms with Crippen molar-refractivity contribution in [1.82, 2.24) is 15.0 Å². The lowest BCUT2D eigenvalue weighted by atomic mass is 9.99. The van der Waals surface area contributed by atoms with E-state index in [4.69, 9.17) is 9.47 Å². The average molecular weight is 346 g/mol. The molecule has 2 aromatic rings. The van der Waals surface area contributed by atoms with Gasteiger partial charge in [-0.3, -0.25) is 14.3 Å². The molecule has 0 aliphatic carbocycles. The van der Waals surface area contributed by atoms with Crippen molar-refractivity contribution < 1.29 is 14.6 Å². The van der Waals surface area contributed by atoms with Crippen LogP contribution in [0, 0.1) is 0 Å². The van der Waals surface area contributed by atoms with Crippen LogP contribution in [-0.4, -0.2) is 34.6 Å². The second kappa shape index (κ2) is 6.34. The maximum Gasteiger partial charge on any atom is 0.330 e. The maximum atomic E-state index is 12.1. The molecular formula is C16H18N4O5. The second-order valence-corrected chi connectivity index (χ2v) is 5.57. The lowest BCUT2D eigenvalue weighted by Gasteiger charge is -2.16. The van der Waals surface area contributed by atoms with Crippen molar-refractivity contribution >= 4 is 5.71 Å². The molecule has 3 rings (SSSR count). The fourth-order valence-corrected chi connectivity index (χ4v) is 2.76. The third kappa shape index (κ3) is 2.84. The van der Waals surface area contributed by atoms with E-state index in [1.807, 2.05) is 6.07 Å². The van der Waals surface area contributed by atoms with Gasteiger partial charge in [-0.2, -0.15) is 5.10 Å². The number of aromatic nitrogens is 2. The first-order valence-corrected chi connectivity index (χ1v) is 7.53. The number of aromatic amines is 1. The Hall–Kier alpha value is -3.23. The maximum absolute atomic E-state index is 12.1. The molecule has 9 heteroatoms. The van der Waals surface area contributed by atoms with Crippen LogP contribution >= 0.6 is 0 Å². The zero-order chi connectivity index (χ0) is 18.1. The van der Waals surface area contributed by atoms with Gasteiger partial charge in [-0.1, -0.05) is 0 Å². The standard InChI is InChI=1S/C16H18N4O5/c1-20-15(22)13(14(21)17-16(20)23)11-7-10(18-19-11)9-6-8(24-2)4-5-12(9)25-3/h4-6,10,18,22H,7H2,1-3H3,(H,17,21,23)/t10-/m1/s1. The highest BCUT2D eigenvalue weighted by atomic mass is 16.5. The van der Waals surface area contributed by atoms with Gasteiger partial charge in [0.05, 0.1) is 26.0 Å². The Kier molecular flexibility index (Phi) is 4.22. The van der Waals surface area contributed by atoms with E-state index >= 15 is 0 Å². The number of hydrazone groups is 1. The van der Waals surface area contributed by atoms with Crippen molar-refractivity contribution in [2.45, 2.75) is 12.5 Å². The van der Waals surface area contributed by atoms with E-state index in [0.29, 0.717) is 23.6 Å². The first kappa shape index (κ1) is 16.6. The molecule has 132 valence electrons. The van der Waals surface area contributed by atoms with Crippen molar-refractivity contribution in [2.24, 2.45) is 12.1 Å². The monoisotopic (exact) mass is 346 g/mol. The van der Waals surface area contributed by atoms with Gasteiger partial charge >= 0.3 is 5.69 Å². The first-order valence-electron chi connectivity index (χ1n) is 7.53. The Morgan fingerprint density at radius 3 is 2.72 bits per heavy atom. The summed E-state index contributed by atoms with van der Waals surface area (Å²) in [6.07, 6.45) is 0.332. The van der Waals surface area contributed by atoms with E-state index < -0.39 is 17.1 Å². The summed E-state index contributed by atoms with van der Waals surface area (Å²) in [5.41, 5.74) is 2.69. The molecule has 0 spiro atoms. The molecule has 1 atom stereocenters. The molecule has 0 fully saturated rings. The van der Waals surface area contributed by atoms with Crippen LogP contribution in [-0.2, 0) is 7.05 Å². The third-order valence-electron chi connectivity index (χ3n) is 4.15. The minimum Gasteiger partial charge on any atom is -0.497 e. The summed E-state index contributed by atoms with van der Waals surface area (Å²) in [4.78, 5) is 25.8. The average Bonchev–Trinajstić information content (AvgIpc) is 3.08. The minimum atomic E-state index is -0.691. The van der Waals surface area contributed by atoms with Crippen LogP contribution in [0.25, 0.3) is 0 Å². The third-order valence-corrected chi connectivity index (χ3v) is 4.15. The summed E-state index contributed by atoms with van der Waals surface area (Å²) in [5.74, 6) is 0.884. The molecule has 0 radical (unpaired) electrons. The predicted octanol–water partition coefficient (Wildman–Crippen LogP) is 0.235. The second-order valence-electron chi connectivity index (χ2n) is 5.57. The summed E-state index contributed by atoms with van der Waals surface area (Å²) < 4.78 is 11.6. The Labute approximate surface area is 142 Å². The van der Waals surface area contributed by atoms with Crippen molar-refractivity contribution in [1.29, 1.82) is 0 Å². The molecule has 1 aliphatic rings.